The molecule has 1 aliphatic rings. The Morgan fingerprint density at radius 1 is 1.46 bits per heavy atom. The fourth-order valence-corrected chi connectivity index (χ4v) is 1.34. The van der Waals surface area contributed by atoms with Gasteiger partial charge in [0.05, 0.1) is 19.1 Å². The normalized spacial score (nSPS) is 13.8. The number of nitrogens with zero attached hydrogens (tertiary/aromatic N) is 2. The van der Waals surface area contributed by atoms with Gasteiger partial charge in [0.25, 0.3) is 0 Å². The van der Waals surface area contributed by atoms with Crippen LogP contribution in [0.2, 0.25) is 0 Å². The Labute approximate surface area is 75.1 Å². The molecule has 1 aromatic rings. The van der Waals surface area contributed by atoms with Crippen LogP contribution in [-0.4, -0.2) is 23.0 Å². The summed E-state index contributed by atoms with van der Waals surface area (Å²) < 4.78 is 5.04. The molecule has 1 amide bonds. The lowest BCUT2D eigenvalue weighted by molar-refractivity contribution is -0.115. The molecule has 68 valence electrons. The highest BCUT2D eigenvalue weighted by atomic mass is 16.5. The lowest BCUT2D eigenvalue weighted by atomic mass is 10.2. The molecule has 0 saturated carbocycles. The second kappa shape index (κ2) is 2.69. The molecular formula is C8H9N3O2. The number of carbonyl (C=O) groups excluding carboxylic acids is 1. The second-order valence-corrected chi connectivity index (χ2v) is 2.83. The Hall–Kier alpha value is -1.65. The minimum atomic E-state index is -0.0619. The third-order valence-corrected chi connectivity index (χ3v) is 1.87. The predicted molar refractivity (Wildman–Crippen MR) is 45.7 cm³/mol. The Kier molecular flexibility index (Phi) is 1.65. The Bertz CT molecular complexity index is 376. The lowest BCUT2D eigenvalue weighted by Gasteiger charge is -2.04. The highest BCUT2D eigenvalue weighted by Gasteiger charge is 2.24. The fraction of sp³-hybridized carbons (Fsp3) is 0.375. The Morgan fingerprint density at radius 3 is 2.92 bits per heavy atom. The number of aryl methyl sites for hydroxylation is 1. The molecule has 5 nitrogen and oxygen atoms in total. The summed E-state index contributed by atoms with van der Waals surface area (Å²) in [6, 6.07) is 0. The molecule has 0 aromatic carbocycles. The molecule has 0 aliphatic carbocycles. The van der Waals surface area contributed by atoms with E-state index in [-0.39, 0.29) is 5.91 Å². The molecular weight excluding hydrogens is 170 g/mol. The molecule has 0 fully saturated rings. The zero-order valence-corrected chi connectivity index (χ0v) is 7.42. The van der Waals surface area contributed by atoms with Crippen LogP contribution in [0.25, 0.3) is 0 Å². The number of anilines is 1. The maximum absolute atomic E-state index is 11.0. The summed E-state index contributed by atoms with van der Waals surface area (Å²) in [6.07, 6.45) is 0.304. The molecule has 0 radical (unpaired) electrons. The van der Waals surface area contributed by atoms with Crippen LogP contribution in [0.3, 0.4) is 0 Å². The zero-order chi connectivity index (χ0) is 9.42. The van der Waals surface area contributed by atoms with Crippen LogP contribution in [-0.2, 0) is 11.2 Å². The number of nitrogens with one attached hydrogen (secondary N) is 1. The van der Waals surface area contributed by atoms with Gasteiger partial charge in [0.2, 0.25) is 11.8 Å². The van der Waals surface area contributed by atoms with Crippen molar-refractivity contribution in [3.05, 3.63) is 11.4 Å². The van der Waals surface area contributed by atoms with Crippen molar-refractivity contribution in [2.45, 2.75) is 13.3 Å². The minimum Gasteiger partial charge on any atom is -0.481 e. The van der Waals surface area contributed by atoms with Gasteiger partial charge in [0.15, 0.2) is 0 Å². The van der Waals surface area contributed by atoms with E-state index < -0.39 is 0 Å². The van der Waals surface area contributed by atoms with Gasteiger partial charge in [-0.25, -0.2) is 4.98 Å². The van der Waals surface area contributed by atoms with Crippen LogP contribution in [0.15, 0.2) is 0 Å². The van der Waals surface area contributed by atoms with Gasteiger partial charge < -0.3 is 10.1 Å². The third kappa shape index (κ3) is 1.22. The predicted octanol–water partition coefficient (Wildman–Crippen LogP) is 0.288. The maximum Gasteiger partial charge on any atom is 0.230 e. The van der Waals surface area contributed by atoms with Crippen LogP contribution in [0.1, 0.15) is 11.4 Å². The smallest absolute Gasteiger partial charge is 0.230 e. The van der Waals surface area contributed by atoms with E-state index in [4.69, 9.17) is 4.74 Å². The molecule has 0 bridgehead atoms. The van der Waals surface area contributed by atoms with Crippen LogP contribution >= 0.6 is 0 Å². The third-order valence-electron chi connectivity index (χ3n) is 1.87. The van der Waals surface area contributed by atoms with Gasteiger partial charge in [-0.15, -0.1) is 0 Å². The van der Waals surface area contributed by atoms with Gasteiger partial charge in [-0.1, -0.05) is 0 Å². The van der Waals surface area contributed by atoms with E-state index in [0.29, 0.717) is 23.9 Å². The maximum atomic E-state index is 11.0. The SMILES string of the molecule is COc1nc(C)nc2c1CC(=O)N2. The first kappa shape index (κ1) is 7.97. The summed E-state index contributed by atoms with van der Waals surface area (Å²) in [5.74, 6) is 1.60. The molecule has 1 aromatic heterocycles. The van der Waals surface area contributed by atoms with E-state index in [0.717, 1.165) is 5.56 Å². The van der Waals surface area contributed by atoms with Gasteiger partial charge in [0, 0.05) is 0 Å². The molecule has 2 rings (SSSR count). The van der Waals surface area contributed by atoms with Crippen LogP contribution in [0.5, 0.6) is 5.88 Å². The lowest BCUT2D eigenvalue weighted by Crippen LogP contribution is -2.04. The number of rotatable bonds is 1. The number of hydrogen-bond donors (Lipinski definition) is 1. The average Bonchev–Trinajstić information content (AvgIpc) is 2.43. The molecule has 1 aliphatic heterocycles. The van der Waals surface area contributed by atoms with Crippen LogP contribution < -0.4 is 10.1 Å². The molecule has 0 atom stereocenters. The molecule has 0 unspecified atom stereocenters. The van der Waals surface area contributed by atoms with E-state index in [1.54, 1.807) is 6.92 Å². The summed E-state index contributed by atoms with van der Waals surface area (Å²) in [5, 5.41) is 2.64. The van der Waals surface area contributed by atoms with Crippen molar-refractivity contribution in [2.75, 3.05) is 12.4 Å². The fourth-order valence-electron chi connectivity index (χ4n) is 1.34. The molecule has 5 heteroatoms. The van der Waals surface area contributed by atoms with E-state index in [1.807, 2.05) is 0 Å². The second-order valence-electron chi connectivity index (χ2n) is 2.83. The Balaban J connectivity index is 2.56. The van der Waals surface area contributed by atoms with Gasteiger partial charge >= 0.3 is 0 Å². The average molecular weight is 179 g/mol. The summed E-state index contributed by atoms with van der Waals surface area (Å²) in [5.41, 5.74) is 0.748. The standard InChI is InChI=1S/C8H9N3O2/c1-4-9-7-5(3-6(12)11-7)8(10-4)13-2/h3H2,1-2H3,(H,9,10,11,12). The van der Waals surface area contributed by atoms with Gasteiger partial charge in [0.1, 0.15) is 11.6 Å². The summed E-state index contributed by atoms with van der Waals surface area (Å²) in [7, 11) is 1.53. The minimum absolute atomic E-state index is 0.0619. The number of amides is 1. The number of hydrogen-bond acceptors (Lipinski definition) is 4. The molecule has 0 spiro atoms. The summed E-state index contributed by atoms with van der Waals surface area (Å²) in [6.45, 7) is 1.76. The Morgan fingerprint density at radius 2 is 2.23 bits per heavy atom. The van der Waals surface area contributed by atoms with Gasteiger partial charge in [-0.3, -0.25) is 4.79 Å². The van der Waals surface area contributed by atoms with Crippen molar-refractivity contribution in [3.63, 3.8) is 0 Å². The molecule has 0 saturated heterocycles. The number of fused-ring (bicyclic) bond motifs is 1. The van der Waals surface area contributed by atoms with E-state index >= 15 is 0 Å². The summed E-state index contributed by atoms with van der Waals surface area (Å²) >= 11 is 0. The van der Waals surface area contributed by atoms with Crippen molar-refractivity contribution in [2.24, 2.45) is 0 Å². The van der Waals surface area contributed by atoms with Crippen molar-refractivity contribution in [1.82, 2.24) is 9.97 Å². The van der Waals surface area contributed by atoms with E-state index in [9.17, 15) is 4.79 Å². The number of ether oxygens (including phenoxy) is 1. The quantitative estimate of drug-likeness (QED) is 0.672. The van der Waals surface area contributed by atoms with Gasteiger partial charge in [-0.2, -0.15) is 4.98 Å². The van der Waals surface area contributed by atoms with Crippen LogP contribution in [0.4, 0.5) is 5.82 Å². The highest BCUT2D eigenvalue weighted by molar-refractivity contribution is 5.98. The number of carbonyl (C=O) groups is 1. The first-order valence-corrected chi connectivity index (χ1v) is 3.92. The molecule has 2 heterocycles. The topological polar surface area (TPSA) is 64.1 Å². The van der Waals surface area contributed by atoms with Crippen molar-refractivity contribution in [3.8, 4) is 5.88 Å². The van der Waals surface area contributed by atoms with Gasteiger partial charge in [-0.05, 0) is 6.92 Å². The number of methoxy groups -OCH3 is 1. The highest BCUT2D eigenvalue weighted by Crippen LogP contribution is 2.27. The summed E-state index contributed by atoms with van der Waals surface area (Å²) in [4.78, 5) is 19.2. The molecule has 1 N–H and O–H groups in total. The molecule has 13 heavy (non-hydrogen) atoms. The monoisotopic (exact) mass is 179 g/mol. The van der Waals surface area contributed by atoms with Crippen molar-refractivity contribution >= 4 is 11.7 Å². The first-order chi connectivity index (χ1) is 6.20. The zero-order valence-electron chi connectivity index (χ0n) is 7.42. The first-order valence-electron chi connectivity index (χ1n) is 3.92. The number of aromatic nitrogens is 2. The van der Waals surface area contributed by atoms with E-state index in [1.165, 1.54) is 7.11 Å². The van der Waals surface area contributed by atoms with Crippen molar-refractivity contribution in [1.29, 1.82) is 0 Å². The largest absolute Gasteiger partial charge is 0.481 e. The van der Waals surface area contributed by atoms with Crippen molar-refractivity contribution < 1.29 is 9.53 Å². The van der Waals surface area contributed by atoms with E-state index in [2.05, 4.69) is 15.3 Å². The van der Waals surface area contributed by atoms with Crippen LogP contribution in [0, 0.1) is 6.92 Å².